The Morgan fingerprint density at radius 1 is 1.62 bits per heavy atom. The van der Waals surface area contributed by atoms with E-state index < -0.39 is 18.1 Å². The van der Waals surface area contributed by atoms with Crippen molar-refractivity contribution in [2.75, 3.05) is 6.61 Å². The van der Waals surface area contributed by atoms with E-state index in [4.69, 9.17) is 10.5 Å². The number of ether oxygens (including phenoxy) is 1. The molecule has 2 atom stereocenters. The van der Waals surface area contributed by atoms with Gasteiger partial charge in [-0.2, -0.15) is 0 Å². The summed E-state index contributed by atoms with van der Waals surface area (Å²) in [7, 11) is 0. The number of hydrogen-bond acceptors (Lipinski definition) is 5. The molecule has 0 aliphatic rings. The average molecular weight is 224 g/mol. The van der Waals surface area contributed by atoms with Crippen molar-refractivity contribution in [1.29, 1.82) is 0 Å². The van der Waals surface area contributed by atoms with Gasteiger partial charge in [0, 0.05) is 6.20 Å². The summed E-state index contributed by atoms with van der Waals surface area (Å²) >= 11 is 0. The molecule has 2 unspecified atom stereocenters. The molecule has 0 aliphatic heterocycles. The fraction of sp³-hybridized carbons (Fsp3) is 0.455. The van der Waals surface area contributed by atoms with Crippen molar-refractivity contribution < 1.29 is 14.6 Å². The highest BCUT2D eigenvalue weighted by molar-refractivity contribution is 5.76. The molecule has 1 aromatic rings. The normalized spacial score (nSPS) is 14.2. The molecule has 0 bridgehead atoms. The number of aryl methyl sites for hydroxylation is 1. The van der Waals surface area contributed by atoms with Crippen molar-refractivity contribution in [2.45, 2.75) is 26.0 Å². The van der Waals surface area contributed by atoms with E-state index in [2.05, 4.69) is 4.98 Å². The summed E-state index contributed by atoms with van der Waals surface area (Å²) in [6, 6.07) is 2.33. The fourth-order valence-corrected chi connectivity index (χ4v) is 1.21. The molecule has 0 saturated carbocycles. The minimum Gasteiger partial charge on any atom is -0.465 e. The van der Waals surface area contributed by atoms with Gasteiger partial charge in [-0.15, -0.1) is 0 Å². The van der Waals surface area contributed by atoms with Crippen molar-refractivity contribution in [3.8, 4) is 0 Å². The fourth-order valence-electron chi connectivity index (χ4n) is 1.21. The summed E-state index contributed by atoms with van der Waals surface area (Å²) < 4.78 is 4.72. The van der Waals surface area contributed by atoms with Crippen LogP contribution < -0.4 is 5.73 Å². The van der Waals surface area contributed by atoms with Crippen LogP contribution in [-0.2, 0) is 9.53 Å². The number of rotatable bonds is 4. The summed E-state index contributed by atoms with van der Waals surface area (Å²) in [4.78, 5) is 15.3. The molecule has 0 spiro atoms. The van der Waals surface area contributed by atoms with Crippen LogP contribution in [0, 0.1) is 6.92 Å². The summed E-state index contributed by atoms with van der Waals surface area (Å²) in [6.07, 6.45) is 0.468. The second-order valence-corrected chi connectivity index (χ2v) is 3.48. The maximum Gasteiger partial charge on any atom is 0.326 e. The number of aliphatic hydroxyl groups is 1. The molecular formula is C11H16N2O3. The Balaban J connectivity index is 2.73. The molecule has 16 heavy (non-hydrogen) atoms. The van der Waals surface area contributed by atoms with Crippen LogP contribution in [0.3, 0.4) is 0 Å². The first kappa shape index (κ1) is 12.6. The van der Waals surface area contributed by atoms with Gasteiger partial charge in [-0.25, -0.2) is 0 Å². The van der Waals surface area contributed by atoms with E-state index in [1.165, 1.54) is 0 Å². The first-order valence-corrected chi connectivity index (χ1v) is 5.09. The van der Waals surface area contributed by atoms with Gasteiger partial charge < -0.3 is 15.6 Å². The van der Waals surface area contributed by atoms with Crippen molar-refractivity contribution in [1.82, 2.24) is 4.98 Å². The van der Waals surface area contributed by atoms with E-state index in [1.807, 2.05) is 6.92 Å². The van der Waals surface area contributed by atoms with Crippen LogP contribution in [0.15, 0.2) is 18.3 Å². The summed E-state index contributed by atoms with van der Waals surface area (Å²) in [5, 5.41) is 9.79. The Labute approximate surface area is 94.2 Å². The monoisotopic (exact) mass is 224 g/mol. The molecule has 88 valence electrons. The zero-order valence-corrected chi connectivity index (χ0v) is 9.38. The zero-order valence-electron chi connectivity index (χ0n) is 9.38. The second kappa shape index (κ2) is 5.58. The van der Waals surface area contributed by atoms with E-state index >= 15 is 0 Å². The maximum atomic E-state index is 11.3. The smallest absolute Gasteiger partial charge is 0.326 e. The highest BCUT2D eigenvalue weighted by Gasteiger charge is 2.26. The topological polar surface area (TPSA) is 85.4 Å². The van der Waals surface area contributed by atoms with Crippen molar-refractivity contribution in [3.63, 3.8) is 0 Å². The number of hydrogen-bond donors (Lipinski definition) is 2. The van der Waals surface area contributed by atoms with Crippen LogP contribution >= 0.6 is 0 Å². The molecule has 5 nitrogen and oxygen atoms in total. The number of aliphatic hydroxyl groups excluding tert-OH is 1. The lowest BCUT2D eigenvalue weighted by atomic mass is 10.1. The lowest BCUT2D eigenvalue weighted by molar-refractivity contribution is -0.147. The Hall–Kier alpha value is -1.46. The third-order valence-electron chi connectivity index (χ3n) is 2.14. The van der Waals surface area contributed by atoms with E-state index in [-0.39, 0.29) is 6.61 Å². The number of pyridine rings is 1. The lowest BCUT2D eigenvalue weighted by Crippen LogP contribution is -2.38. The van der Waals surface area contributed by atoms with Crippen molar-refractivity contribution >= 4 is 5.97 Å². The summed E-state index contributed by atoms with van der Waals surface area (Å²) in [5.74, 6) is -0.627. The molecule has 5 heteroatoms. The average Bonchev–Trinajstić information content (AvgIpc) is 2.28. The highest BCUT2D eigenvalue weighted by Crippen LogP contribution is 2.14. The number of esters is 1. The largest absolute Gasteiger partial charge is 0.465 e. The SMILES string of the molecule is CCOC(=O)C(N)C(O)c1ccc(C)cn1. The second-order valence-electron chi connectivity index (χ2n) is 3.48. The Bertz CT molecular complexity index is 351. The summed E-state index contributed by atoms with van der Waals surface area (Å²) in [6.45, 7) is 3.80. The standard InChI is InChI=1S/C11H16N2O3/c1-3-16-11(15)9(12)10(14)8-5-4-7(2)6-13-8/h4-6,9-10,14H,3,12H2,1-2H3. The van der Waals surface area contributed by atoms with Crippen LogP contribution in [0.1, 0.15) is 24.3 Å². The minimum atomic E-state index is -1.14. The third kappa shape index (κ3) is 3.01. The molecule has 0 aromatic carbocycles. The molecule has 3 N–H and O–H groups in total. The summed E-state index contributed by atoms with van der Waals surface area (Å²) in [5.41, 5.74) is 6.89. The van der Waals surface area contributed by atoms with Crippen LogP contribution in [0.25, 0.3) is 0 Å². The first-order chi connectivity index (χ1) is 7.56. The number of carbonyl (C=O) groups excluding carboxylic acids is 1. The first-order valence-electron chi connectivity index (χ1n) is 5.09. The number of nitrogens with two attached hydrogens (primary N) is 1. The van der Waals surface area contributed by atoms with Crippen LogP contribution in [0.4, 0.5) is 0 Å². The molecular weight excluding hydrogens is 208 g/mol. The Morgan fingerprint density at radius 2 is 2.31 bits per heavy atom. The zero-order chi connectivity index (χ0) is 12.1. The number of aromatic nitrogens is 1. The van der Waals surface area contributed by atoms with Crippen molar-refractivity contribution in [2.24, 2.45) is 5.73 Å². The van der Waals surface area contributed by atoms with Gasteiger partial charge in [0.05, 0.1) is 12.3 Å². The van der Waals surface area contributed by atoms with E-state index in [0.717, 1.165) is 5.56 Å². The minimum absolute atomic E-state index is 0.237. The molecule has 1 aromatic heterocycles. The highest BCUT2D eigenvalue weighted by atomic mass is 16.5. The van der Waals surface area contributed by atoms with E-state index in [0.29, 0.717) is 5.69 Å². The number of nitrogens with zero attached hydrogens (tertiary/aromatic N) is 1. The molecule has 0 amide bonds. The molecule has 0 radical (unpaired) electrons. The number of carbonyl (C=O) groups is 1. The van der Waals surface area contributed by atoms with Gasteiger partial charge in [0.15, 0.2) is 0 Å². The lowest BCUT2D eigenvalue weighted by Gasteiger charge is -2.16. The third-order valence-corrected chi connectivity index (χ3v) is 2.14. The van der Waals surface area contributed by atoms with Gasteiger partial charge in [-0.05, 0) is 25.5 Å². The van der Waals surface area contributed by atoms with Crippen LogP contribution in [0.5, 0.6) is 0 Å². The molecule has 0 fully saturated rings. The van der Waals surface area contributed by atoms with Gasteiger partial charge in [0.2, 0.25) is 0 Å². The molecule has 1 heterocycles. The predicted octanol–water partition coefficient (Wildman–Crippen LogP) is 0.314. The van der Waals surface area contributed by atoms with Gasteiger partial charge in [-0.3, -0.25) is 9.78 Å². The van der Waals surface area contributed by atoms with Crippen LogP contribution in [0.2, 0.25) is 0 Å². The van der Waals surface area contributed by atoms with E-state index in [9.17, 15) is 9.90 Å². The van der Waals surface area contributed by atoms with Gasteiger partial charge in [-0.1, -0.05) is 6.07 Å². The predicted molar refractivity (Wildman–Crippen MR) is 58.5 cm³/mol. The van der Waals surface area contributed by atoms with E-state index in [1.54, 1.807) is 25.3 Å². The van der Waals surface area contributed by atoms with Crippen LogP contribution in [-0.4, -0.2) is 28.7 Å². The van der Waals surface area contributed by atoms with Gasteiger partial charge in [0.25, 0.3) is 0 Å². The Morgan fingerprint density at radius 3 is 2.81 bits per heavy atom. The Kier molecular flexibility index (Phi) is 4.39. The molecule has 0 aliphatic carbocycles. The maximum absolute atomic E-state index is 11.3. The molecule has 1 rings (SSSR count). The van der Waals surface area contributed by atoms with Crippen molar-refractivity contribution in [3.05, 3.63) is 29.6 Å². The van der Waals surface area contributed by atoms with Gasteiger partial charge in [0.1, 0.15) is 12.1 Å². The van der Waals surface area contributed by atoms with Gasteiger partial charge >= 0.3 is 5.97 Å². The quantitative estimate of drug-likeness (QED) is 0.719. The molecule has 0 saturated heterocycles.